The molecule has 0 amide bonds. The van der Waals surface area contributed by atoms with Crippen LogP contribution in [0, 0.1) is 6.92 Å². The summed E-state index contributed by atoms with van der Waals surface area (Å²) in [6.45, 7) is 1.96. The molecule has 3 rings (SSSR count). The van der Waals surface area contributed by atoms with E-state index in [1.807, 2.05) is 23.9 Å². The van der Waals surface area contributed by atoms with Gasteiger partial charge in [-0.05, 0) is 25.8 Å². The molecule has 0 radical (unpaired) electrons. The fraction of sp³-hybridized carbons (Fsp3) is 0.462. The van der Waals surface area contributed by atoms with Crippen LogP contribution in [0.4, 0.5) is 0 Å². The van der Waals surface area contributed by atoms with E-state index < -0.39 is 0 Å². The average molecular weight is 228 g/mol. The molecule has 2 aromatic heterocycles. The summed E-state index contributed by atoms with van der Waals surface area (Å²) in [4.78, 5) is 8.34. The maximum Gasteiger partial charge on any atom is 0.156 e. The minimum Gasteiger partial charge on any atom is -0.242 e. The fourth-order valence-electron chi connectivity index (χ4n) is 2.47. The normalized spacial score (nSPS) is 16.5. The van der Waals surface area contributed by atoms with Gasteiger partial charge in [0, 0.05) is 23.9 Å². The molecule has 4 nitrogen and oxygen atoms in total. The van der Waals surface area contributed by atoms with Gasteiger partial charge in [-0.15, -0.1) is 0 Å². The number of rotatable bonds is 2. The Morgan fingerprint density at radius 1 is 1.24 bits per heavy atom. The van der Waals surface area contributed by atoms with Crippen molar-refractivity contribution in [1.29, 1.82) is 0 Å². The van der Waals surface area contributed by atoms with E-state index >= 15 is 0 Å². The van der Waals surface area contributed by atoms with Gasteiger partial charge in [-0.1, -0.05) is 12.8 Å². The first-order valence-corrected chi connectivity index (χ1v) is 6.17. The van der Waals surface area contributed by atoms with E-state index in [-0.39, 0.29) is 0 Å². The molecule has 2 aromatic rings. The number of hydrogen-bond donors (Lipinski definition) is 0. The summed E-state index contributed by atoms with van der Waals surface area (Å²) in [7, 11) is 0. The second kappa shape index (κ2) is 4.28. The first kappa shape index (κ1) is 10.4. The molecule has 2 heterocycles. The van der Waals surface area contributed by atoms with Crippen molar-refractivity contribution in [3.63, 3.8) is 0 Å². The lowest BCUT2D eigenvalue weighted by Gasteiger charge is -2.04. The zero-order valence-electron chi connectivity index (χ0n) is 10.0. The highest BCUT2D eigenvalue weighted by Gasteiger charge is 2.19. The Morgan fingerprint density at radius 3 is 2.82 bits per heavy atom. The van der Waals surface area contributed by atoms with Crippen molar-refractivity contribution in [3.8, 4) is 5.82 Å². The van der Waals surface area contributed by atoms with E-state index in [9.17, 15) is 0 Å². The highest BCUT2D eigenvalue weighted by Crippen LogP contribution is 2.33. The molecular formula is C13H16N4. The third kappa shape index (κ3) is 2.07. The summed E-state index contributed by atoms with van der Waals surface area (Å²) < 4.78 is 1.85. The monoisotopic (exact) mass is 228 g/mol. The van der Waals surface area contributed by atoms with E-state index in [4.69, 9.17) is 0 Å². The second-order valence-electron chi connectivity index (χ2n) is 4.68. The highest BCUT2D eigenvalue weighted by molar-refractivity contribution is 5.23. The zero-order valence-corrected chi connectivity index (χ0v) is 10.0. The van der Waals surface area contributed by atoms with Gasteiger partial charge in [0.15, 0.2) is 5.82 Å². The van der Waals surface area contributed by atoms with Gasteiger partial charge in [0.05, 0.1) is 5.69 Å². The smallest absolute Gasteiger partial charge is 0.156 e. The fourth-order valence-corrected chi connectivity index (χ4v) is 2.47. The van der Waals surface area contributed by atoms with Gasteiger partial charge in [-0.25, -0.2) is 14.6 Å². The molecule has 1 aliphatic rings. The lowest BCUT2D eigenvalue weighted by Crippen LogP contribution is -2.01. The van der Waals surface area contributed by atoms with Crippen molar-refractivity contribution in [2.75, 3.05) is 0 Å². The molecule has 0 spiro atoms. The topological polar surface area (TPSA) is 43.6 Å². The third-order valence-corrected chi connectivity index (χ3v) is 3.41. The molecule has 17 heavy (non-hydrogen) atoms. The molecule has 0 aliphatic heterocycles. The quantitative estimate of drug-likeness (QED) is 0.793. The van der Waals surface area contributed by atoms with E-state index in [1.54, 1.807) is 6.33 Å². The standard InChI is InChI=1S/C13H16N4/c1-10-8-13(15-9-14-10)17-7-6-12(16-17)11-4-2-3-5-11/h6-9,11H,2-5H2,1H3. The van der Waals surface area contributed by atoms with Crippen LogP contribution in [0.15, 0.2) is 24.7 Å². The lowest BCUT2D eigenvalue weighted by molar-refractivity contribution is 0.675. The van der Waals surface area contributed by atoms with Crippen molar-refractivity contribution in [2.45, 2.75) is 38.5 Å². The Balaban J connectivity index is 1.89. The highest BCUT2D eigenvalue weighted by atomic mass is 15.3. The molecular weight excluding hydrogens is 212 g/mol. The molecule has 0 N–H and O–H groups in total. The van der Waals surface area contributed by atoms with Crippen LogP contribution in [-0.4, -0.2) is 19.7 Å². The summed E-state index contributed by atoms with van der Waals surface area (Å²) in [6.07, 6.45) is 8.81. The molecule has 1 aliphatic carbocycles. The minimum atomic E-state index is 0.652. The maximum absolute atomic E-state index is 4.63. The molecule has 4 heteroatoms. The average Bonchev–Trinajstić information content (AvgIpc) is 3.00. The van der Waals surface area contributed by atoms with Crippen LogP contribution in [-0.2, 0) is 0 Å². The number of aryl methyl sites for hydroxylation is 1. The van der Waals surface area contributed by atoms with Crippen LogP contribution in [0.1, 0.15) is 43.0 Å². The van der Waals surface area contributed by atoms with Crippen LogP contribution >= 0.6 is 0 Å². The van der Waals surface area contributed by atoms with Crippen molar-refractivity contribution < 1.29 is 0 Å². The van der Waals surface area contributed by atoms with Gasteiger partial charge in [0.2, 0.25) is 0 Å². The van der Waals surface area contributed by atoms with E-state index in [1.165, 1.54) is 31.4 Å². The molecule has 0 atom stereocenters. The van der Waals surface area contributed by atoms with Crippen LogP contribution in [0.25, 0.3) is 5.82 Å². The first-order chi connectivity index (χ1) is 8.33. The van der Waals surface area contributed by atoms with Gasteiger partial charge in [0.25, 0.3) is 0 Å². The molecule has 1 fully saturated rings. The number of nitrogens with zero attached hydrogens (tertiary/aromatic N) is 4. The summed E-state index contributed by atoms with van der Waals surface area (Å²) in [5, 5.41) is 4.63. The summed E-state index contributed by atoms with van der Waals surface area (Å²) in [6, 6.07) is 4.07. The summed E-state index contributed by atoms with van der Waals surface area (Å²) in [5.41, 5.74) is 2.17. The molecule has 0 bridgehead atoms. The van der Waals surface area contributed by atoms with Crippen LogP contribution < -0.4 is 0 Å². The Hall–Kier alpha value is -1.71. The summed E-state index contributed by atoms with van der Waals surface area (Å²) in [5.74, 6) is 1.50. The summed E-state index contributed by atoms with van der Waals surface area (Å²) >= 11 is 0. The van der Waals surface area contributed by atoms with Crippen molar-refractivity contribution in [2.24, 2.45) is 0 Å². The lowest BCUT2D eigenvalue weighted by atomic mass is 10.1. The minimum absolute atomic E-state index is 0.652. The molecule has 0 aromatic carbocycles. The van der Waals surface area contributed by atoms with Crippen LogP contribution in [0.3, 0.4) is 0 Å². The van der Waals surface area contributed by atoms with Crippen LogP contribution in [0.5, 0.6) is 0 Å². The van der Waals surface area contributed by atoms with Crippen LogP contribution in [0.2, 0.25) is 0 Å². The van der Waals surface area contributed by atoms with E-state index in [0.717, 1.165) is 11.5 Å². The first-order valence-electron chi connectivity index (χ1n) is 6.17. The second-order valence-corrected chi connectivity index (χ2v) is 4.68. The largest absolute Gasteiger partial charge is 0.242 e. The van der Waals surface area contributed by atoms with Gasteiger partial charge >= 0.3 is 0 Å². The Bertz CT molecular complexity index is 512. The molecule has 88 valence electrons. The number of aromatic nitrogens is 4. The predicted molar refractivity (Wildman–Crippen MR) is 65.1 cm³/mol. The predicted octanol–water partition coefficient (Wildman–Crippen LogP) is 2.63. The van der Waals surface area contributed by atoms with Gasteiger partial charge in [-0.2, -0.15) is 5.10 Å². The Labute approximate surface area is 101 Å². The number of hydrogen-bond acceptors (Lipinski definition) is 3. The zero-order chi connectivity index (χ0) is 11.7. The Morgan fingerprint density at radius 2 is 2.06 bits per heavy atom. The van der Waals surface area contributed by atoms with Gasteiger partial charge in [-0.3, -0.25) is 0 Å². The molecule has 0 saturated heterocycles. The SMILES string of the molecule is Cc1cc(-n2ccc(C3CCCC3)n2)ncn1. The maximum atomic E-state index is 4.63. The van der Waals surface area contributed by atoms with E-state index in [2.05, 4.69) is 21.1 Å². The van der Waals surface area contributed by atoms with Crippen molar-refractivity contribution in [1.82, 2.24) is 19.7 Å². The Kier molecular flexibility index (Phi) is 2.63. The van der Waals surface area contributed by atoms with Gasteiger partial charge in [0.1, 0.15) is 6.33 Å². The van der Waals surface area contributed by atoms with Gasteiger partial charge < -0.3 is 0 Å². The van der Waals surface area contributed by atoms with E-state index in [0.29, 0.717) is 5.92 Å². The molecule has 0 unspecified atom stereocenters. The third-order valence-electron chi connectivity index (χ3n) is 3.41. The molecule has 1 saturated carbocycles. The van der Waals surface area contributed by atoms with Crippen molar-refractivity contribution >= 4 is 0 Å². The van der Waals surface area contributed by atoms with Crippen molar-refractivity contribution in [3.05, 3.63) is 36.0 Å².